The number of halogens is 1. The lowest BCUT2D eigenvalue weighted by atomic mass is 9.81. The number of ether oxygens (including phenoxy) is 1. The molecule has 2 aromatic carbocycles. The molecule has 0 aliphatic carbocycles. The van der Waals surface area contributed by atoms with Crippen molar-refractivity contribution in [2.75, 3.05) is 19.6 Å². The monoisotopic (exact) mass is 371 g/mol. The summed E-state index contributed by atoms with van der Waals surface area (Å²) in [7, 11) is 0. The molecule has 5 heteroatoms. The van der Waals surface area contributed by atoms with Crippen LogP contribution in [0.15, 0.2) is 42.5 Å². The SMILES string of the molecule is Cc1ccc([C@H](O)CN2CCC3(CC2)C[C@@H](O)c2cc(F)ccc2O3)cc1. The fraction of sp³-hybridized carbons (Fsp3) is 0.455. The van der Waals surface area contributed by atoms with Crippen molar-refractivity contribution < 1.29 is 19.3 Å². The van der Waals surface area contributed by atoms with E-state index < -0.39 is 17.8 Å². The Labute approximate surface area is 159 Å². The number of aliphatic hydroxyl groups is 2. The molecule has 2 aliphatic heterocycles. The third-order valence-electron chi connectivity index (χ3n) is 5.88. The van der Waals surface area contributed by atoms with Gasteiger partial charge in [-0.3, -0.25) is 0 Å². The molecule has 2 N–H and O–H groups in total. The largest absolute Gasteiger partial charge is 0.487 e. The Morgan fingerprint density at radius 2 is 1.89 bits per heavy atom. The van der Waals surface area contributed by atoms with Gasteiger partial charge in [-0.15, -0.1) is 0 Å². The van der Waals surface area contributed by atoms with Crippen molar-refractivity contribution in [1.29, 1.82) is 0 Å². The Balaban J connectivity index is 1.39. The predicted octanol–water partition coefficient (Wildman–Crippen LogP) is 3.52. The Bertz CT molecular complexity index is 800. The van der Waals surface area contributed by atoms with Crippen LogP contribution in [0.25, 0.3) is 0 Å². The van der Waals surface area contributed by atoms with E-state index in [0.717, 1.165) is 31.5 Å². The second kappa shape index (κ2) is 7.23. The highest BCUT2D eigenvalue weighted by molar-refractivity contribution is 5.38. The summed E-state index contributed by atoms with van der Waals surface area (Å²) in [6.45, 7) is 4.22. The molecule has 0 bridgehead atoms. The maximum Gasteiger partial charge on any atom is 0.126 e. The Morgan fingerprint density at radius 1 is 1.19 bits per heavy atom. The third kappa shape index (κ3) is 3.86. The molecule has 4 nitrogen and oxygen atoms in total. The first-order valence-corrected chi connectivity index (χ1v) is 9.58. The smallest absolute Gasteiger partial charge is 0.126 e. The average molecular weight is 371 g/mol. The van der Waals surface area contributed by atoms with Gasteiger partial charge in [-0.2, -0.15) is 0 Å². The summed E-state index contributed by atoms with van der Waals surface area (Å²) < 4.78 is 19.7. The molecule has 1 saturated heterocycles. The number of rotatable bonds is 3. The number of aliphatic hydroxyl groups excluding tert-OH is 2. The summed E-state index contributed by atoms with van der Waals surface area (Å²) in [5, 5.41) is 21.0. The summed E-state index contributed by atoms with van der Waals surface area (Å²) in [6, 6.07) is 12.3. The van der Waals surface area contributed by atoms with Crippen LogP contribution in [0.1, 0.15) is 48.2 Å². The minimum absolute atomic E-state index is 0.354. The van der Waals surface area contributed by atoms with Gasteiger partial charge in [-0.05, 0) is 43.5 Å². The summed E-state index contributed by atoms with van der Waals surface area (Å²) in [6.07, 6.45) is 0.830. The second-order valence-corrected chi connectivity index (χ2v) is 7.91. The fourth-order valence-corrected chi connectivity index (χ4v) is 4.20. The van der Waals surface area contributed by atoms with Crippen molar-refractivity contribution in [1.82, 2.24) is 4.90 Å². The van der Waals surface area contributed by atoms with Crippen LogP contribution < -0.4 is 4.74 Å². The molecule has 144 valence electrons. The van der Waals surface area contributed by atoms with E-state index in [0.29, 0.717) is 24.3 Å². The van der Waals surface area contributed by atoms with Gasteiger partial charge in [0, 0.05) is 31.6 Å². The molecule has 0 aromatic heterocycles. The predicted molar refractivity (Wildman–Crippen MR) is 101 cm³/mol. The third-order valence-corrected chi connectivity index (χ3v) is 5.88. The van der Waals surface area contributed by atoms with E-state index in [1.165, 1.54) is 17.7 Å². The Morgan fingerprint density at radius 3 is 2.59 bits per heavy atom. The van der Waals surface area contributed by atoms with E-state index in [1.54, 1.807) is 6.07 Å². The first-order chi connectivity index (χ1) is 12.9. The number of fused-ring (bicyclic) bond motifs is 1. The fourth-order valence-electron chi connectivity index (χ4n) is 4.20. The highest BCUT2D eigenvalue weighted by atomic mass is 19.1. The molecule has 1 fully saturated rings. The maximum atomic E-state index is 13.4. The lowest BCUT2D eigenvalue weighted by Crippen LogP contribution is -2.51. The minimum atomic E-state index is -0.700. The van der Waals surface area contributed by atoms with Gasteiger partial charge >= 0.3 is 0 Å². The molecule has 27 heavy (non-hydrogen) atoms. The van der Waals surface area contributed by atoms with Gasteiger partial charge in [-0.25, -0.2) is 4.39 Å². The topological polar surface area (TPSA) is 52.9 Å². The van der Waals surface area contributed by atoms with Gasteiger partial charge in [-0.1, -0.05) is 29.8 Å². The number of β-amino-alcohol motifs (C(OH)–C–C–N with tert-alkyl or cyclic N) is 1. The molecule has 0 radical (unpaired) electrons. The standard InChI is InChI=1S/C22H26FNO3/c1-15-2-4-16(5-3-15)20(26)14-24-10-8-22(9-11-24)13-19(25)18-12-17(23)6-7-21(18)27-22/h2-7,12,19-20,25-26H,8-11,13-14H2,1H3/t19-,20-/m1/s1. The minimum Gasteiger partial charge on any atom is -0.487 e. The molecule has 0 unspecified atom stereocenters. The van der Waals surface area contributed by atoms with Crippen molar-refractivity contribution >= 4 is 0 Å². The van der Waals surface area contributed by atoms with Crippen LogP contribution in [-0.4, -0.2) is 40.3 Å². The van der Waals surface area contributed by atoms with E-state index in [9.17, 15) is 14.6 Å². The summed E-state index contributed by atoms with van der Waals surface area (Å²) in [5.41, 5.74) is 2.24. The van der Waals surface area contributed by atoms with E-state index >= 15 is 0 Å². The molecule has 0 saturated carbocycles. The van der Waals surface area contributed by atoms with Crippen LogP contribution >= 0.6 is 0 Å². The van der Waals surface area contributed by atoms with Crippen molar-refractivity contribution in [2.45, 2.75) is 44.0 Å². The average Bonchev–Trinajstić information content (AvgIpc) is 2.65. The van der Waals surface area contributed by atoms with Gasteiger partial charge in [0.25, 0.3) is 0 Å². The van der Waals surface area contributed by atoms with Gasteiger partial charge < -0.3 is 19.8 Å². The van der Waals surface area contributed by atoms with Crippen LogP contribution in [0.5, 0.6) is 5.75 Å². The lowest BCUT2D eigenvalue weighted by molar-refractivity contribution is -0.0589. The zero-order valence-corrected chi connectivity index (χ0v) is 15.6. The van der Waals surface area contributed by atoms with Gasteiger partial charge in [0.2, 0.25) is 0 Å². The number of aryl methyl sites for hydroxylation is 1. The molecule has 2 aliphatic rings. The summed E-state index contributed by atoms with van der Waals surface area (Å²) >= 11 is 0. The summed E-state index contributed by atoms with van der Waals surface area (Å²) in [5.74, 6) is 0.232. The van der Waals surface area contributed by atoms with Gasteiger partial charge in [0.1, 0.15) is 17.2 Å². The molecule has 4 rings (SSSR count). The normalized spacial score (nSPS) is 22.9. The quantitative estimate of drug-likeness (QED) is 0.867. The number of hydrogen-bond acceptors (Lipinski definition) is 4. The van der Waals surface area contributed by atoms with Crippen molar-refractivity contribution in [3.63, 3.8) is 0 Å². The molecule has 2 heterocycles. The van der Waals surface area contributed by atoms with E-state index in [2.05, 4.69) is 4.90 Å². The van der Waals surface area contributed by atoms with E-state index in [4.69, 9.17) is 4.74 Å². The Hall–Kier alpha value is -1.95. The second-order valence-electron chi connectivity index (χ2n) is 7.91. The zero-order valence-electron chi connectivity index (χ0n) is 15.6. The highest BCUT2D eigenvalue weighted by Crippen LogP contribution is 2.44. The molecule has 2 aromatic rings. The van der Waals surface area contributed by atoms with Crippen LogP contribution in [-0.2, 0) is 0 Å². The molecule has 2 atom stereocenters. The van der Waals surface area contributed by atoms with Crippen molar-refractivity contribution in [2.24, 2.45) is 0 Å². The Kier molecular flexibility index (Phi) is 4.93. The molecular formula is C22H26FNO3. The first kappa shape index (κ1) is 18.4. The van der Waals surface area contributed by atoms with Crippen LogP contribution in [0, 0.1) is 12.7 Å². The first-order valence-electron chi connectivity index (χ1n) is 9.58. The molecule has 1 spiro atoms. The molecule has 0 amide bonds. The van der Waals surface area contributed by atoms with Gasteiger partial charge in [0.15, 0.2) is 0 Å². The maximum absolute atomic E-state index is 13.4. The van der Waals surface area contributed by atoms with Crippen molar-refractivity contribution in [3.8, 4) is 5.75 Å². The summed E-state index contributed by atoms with van der Waals surface area (Å²) in [4.78, 5) is 2.24. The zero-order chi connectivity index (χ0) is 19.0. The van der Waals surface area contributed by atoms with E-state index in [-0.39, 0.29) is 5.82 Å². The van der Waals surface area contributed by atoms with Crippen LogP contribution in [0.3, 0.4) is 0 Å². The number of hydrogen-bond donors (Lipinski definition) is 2. The molecular weight excluding hydrogens is 345 g/mol. The van der Waals surface area contributed by atoms with E-state index in [1.807, 2.05) is 31.2 Å². The lowest BCUT2D eigenvalue weighted by Gasteiger charge is -2.46. The number of piperidine rings is 1. The number of nitrogens with zero attached hydrogens (tertiary/aromatic N) is 1. The number of benzene rings is 2. The van der Waals surface area contributed by atoms with Crippen LogP contribution in [0.2, 0.25) is 0 Å². The number of likely N-dealkylation sites (tertiary alicyclic amines) is 1. The van der Waals surface area contributed by atoms with Gasteiger partial charge in [0.05, 0.1) is 12.2 Å². The highest BCUT2D eigenvalue weighted by Gasteiger charge is 2.43. The van der Waals surface area contributed by atoms with Crippen molar-refractivity contribution in [3.05, 3.63) is 65.0 Å². The van der Waals surface area contributed by atoms with Crippen LogP contribution in [0.4, 0.5) is 4.39 Å².